The molecule has 0 spiro atoms. The number of fused-ring (bicyclic) bond motifs is 2. The predicted molar refractivity (Wildman–Crippen MR) is 163 cm³/mol. The van der Waals surface area contributed by atoms with E-state index in [1.54, 1.807) is 12.7 Å². The van der Waals surface area contributed by atoms with Gasteiger partial charge in [0.25, 0.3) is 0 Å². The maximum absolute atomic E-state index is 9.23. The van der Waals surface area contributed by atoms with Crippen LogP contribution in [0.1, 0.15) is 63.5 Å². The van der Waals surface area contributed by atoms with Gasteiger partial charge < -0.3 is 5.73 Å². The Bertz CT molecular complexity index is 1530. The predicted octanol–water partition coefficient (Wildman–Crippen LogP) is 6.26. The standard InChI is InChI=1S/C15H13N3.C13H13N.C2H4N2O2.2CH4/c1-2-4-14-13(3-1)12(11-5-6-11)7-8-15(14)18-9-16-17-10-18;14-13-8-7-10(9-5-6-9)11-3-1-2-4-12(11)13;5-1-3-4-2-6;;/h1-4,7-11H,5-6H2;1-4,7-9H,5-6,14H2;1-2H,(H,3,5)(H,4,6);2*1H4. The number of benzene rings is 4. The normalized spacial score (nSPS) is 13.3. The third-order valence-electron chi connectivity index (χ3n) is 6.86. The van der Waals surface area contributed by atoms with Crippen LogP contribution in [0, 0.1) is 0 Å². The van der Waals surface area contributed by atoms with Crippen molar-refractivity contribution in [1.29, 1.82) is 0 Å². The number of nitrogens with two attached hydrogens (primary N) is 1. The Morgan fingerprint density at radius 1 is 0.650 bits per heavy atom. The van der Waals surface area contributed by atoms with Crippen molar-refractivity contribution in [2.24, 2.45) is 0 Å². The topological polar surface area (TPSA) is 115 Å². The van der Waals surface area contributed by atoms with Gasteiger partial charge in [-0.1, -0.05) is 75.5 Å². The van der Waals surface area contributed by atoms with E-state index in [1.807, 2.05) is 21.5 Å². The first-order valence-corrected chi connectivity index (χ1v) is 12.7. The molecule has 2 aliphatic carbocycles. The molecule has 1 heterocycles. The van der Waals surface area contributed by atoms with Gasteiger partial charge in [0.1, 0.15) is 12.7 Å². The van der Waals surface area contributed by atoms with E-state index in [9.17, 15) is 9.59 Å². The van der Waals surface area contributed by atoms with Gasteiger partial charge in [-0.25, -0.2) is 0 Å². The molecule has 0 atom stereocenters. The zero-order valence-corrected chi connectivity index (χ0v) is 21.0. The number of nitrogens with one attached hydrogen (secondary N) is 2. The van der Waals surface area contributed by atoms with Crippen LogP contribution in [0.25, 0.3) is 27.2 Å². The smallest absolute Gasteiger partial charge is 0.225 e. The molecule has 0 radical (unpaired) electrons. The second-order valence-electron chi connectivity index (χ2n) is 9.45. The van der Waals surface area contributed by atoms with Crippen LogP contribution in [0.2, 0.25) is 0 Å². The van der Waals surface area contributed by atoms with E-state index >= 15 is 0 Å². The average Bonchev–Trinajstić information content (AvgIpc) is 3.91. The summed E-state index contributed by atoms with van der Waals surface area (Å²) in [6.45, 7) is 0. The zero-order chi connectivity index (χ0) is 26.3. The number of hydrazine groups is 1. The van der Waals surface area contributed by atoms with Crippen LogP contribution < -0.4 is 16.6 Å². The van der Waals surface area contributed by atoms with Gasteiger partial charge in [-0.2, -0.15) is 0 Å². The highest BCUT2D eigenvalue weighted by Gasteiger charge is 2.26. The fourth-order valence-corrected chi connectivity index (χ4v) is 4.77. The first-order valence-electron chi connectivity index (χ1n) is 12.7. The van der Waals surface area contributed by atoms with Crippen LogP contribution in [-0.2, 0) is 9.59 Å². The first kappa shape index (κ1) is 29.8. The van der Waals surface area contributed by atoms with Crippen LogP contribution in [-0.4, -0.2) is 27.6 Å². The quantitative estimate of drug-likeness (QED) is 0.102. The molecule has 0 aliphatic heterocycles. The van der Waals surface area contributed by atoms with Crippen LogP contribution >= 0.6 is 0 Å². The summed E-state index contributed by atoms with van der Waals surface area (Å²) in [5, 5.41) is 13.0. The molecular formula is C32H38N6O2. The summed E-state index contributed by atoms with van der Waals surface area (Å²) in [6, 6.07) is 25.7. The molecule has 4 N–H and O–H groups in total. The summed E-state index contributed by atoms with van der Waals surface area (Å²) in [4.78, 5) is 18.5. The monoisotopic (exact) mass is 538 g/mol. The van der Waals surface area contributed by atoms with Crippen molar-refractivity contribution in [1.82, 2.24) is 25.6 Å². The molecule has 1 aromatic heterocycles. The average molecular weight is 539 g/mol. The molecule has 208 valence electrons. The zero-order valence-electron chi connectivity index (χ0n) is 21.0. The number of carbonyl (C=O) groups excluding carboxylic acids is 2. The Hall–Kier alpha value is -4.72. The van der Waals surface area contributed by atoms with E-state index in [-0.39, 0.29) is 14.9 Å². The molecule has 0 saturated heterocycles. The molecular weight excluding hydrogens is 500 g/mol. The van der Waals surface area contributed by atoms with E-state index in [0.29, 0.717) is 12.8 Å². The van der Waals surface area contributed by atoms with Crippen molar-refractivity contribution in [2.45, 2.75) is 52.4 Å². The number of hydrogen-bond donors (Lipinski definition) is 3. The van der Waals surface area contributed by atoms with Gasteiger partial charge >= 0.3 is 0 Å². The summed E-state index contributed by atoms with van der Waals surface area (Å²) in [5.74, 6) is 1.56. The van der Waals surface area contributed by atoms with Crippen LogP contribution in [0.5, 0.6) is 0 Å². The highest BCUT2D eigenvalue weighted by molar-refractivity contribution is 5.95. The number of rotatable bonds is 6. The molecule has 0 unspecified atom stereocenters. The van der Waals surface area contributed by atoms with Gasteiger partial charge in [0, 0.05) is 16.5 Å². The van der Waals surface area contributed by atoms with E-state index in [2.05, 4.69) is 76.9 Å². The van der Waals surface area contributed by atoms with Gasteiger partial charge in [-0.15, -0.1) is 10.2 Å². The van der Waals surface area contributed by atoms with E-state index in [4.69, 9.17) is 5.73 Å². The molecule has 8 nitrogen and oxygen atoms in total. The summed E-state index contributed by atoms with van der Waals surface area (Å²) in [6.07, 6.45) is 9.58. The molecule has 0 bridgehead atoms. The van der Waals surface area contributed by atoms with E-state index in [1.165, 1.54) is 58.4 Å². The van der Waals surface area contributed by atoms with Crippen molar-refractivity contribution in [2.75, 3.05) is 5.73 Å². The third kappa shape index (κ3) is 6.83. The van der Waals surface area contributed by atoms with Crippen molar-refractivity contribution in [3.05, 3.63) is 96.6 Å². The molecule has 4 aromatic carbocycles. The van der Waals surface area contributed by atoms with Gasteiger partial charge in [-0.05, 0) is 71.6 Å². The minimum atomic E-state index is 0. The number of hydrogen-bond acceptors (Lipinski definition) is 5. The van der Waals surface area contributed by atoms with Crippen LogP contribution in [0.4, 0.5) is 5.69 Å². The summed E-state index contributed by atoms with van der Waals surface area (Å²) in [5.41, 5.74) is 14.8. The van der Waals surface area contributed by atoms with Gasteiger partial charge in [0.15, 0.2) is 0 Å². The molecule has 2 saturated carbocycles. The van der Waals surface area contributed by atoms with Crippen LogP contribution in [0.15, 0.2) is 85.5 Å². The molecule has 2 amide bonds. The second kappa shape index (κ2) is 13.9. The highest BCUT2D eigenvalue weighted by Crippen LogP contribution is 2.44. The Morgan fingerprint density at radius 2 is 1.10 bits per heavy atom. The Kier molecular flexibility index (Phi) is 10.4. The van der Waals surface area contributed by atoms with Crippen molar-refractivity contribution < 1.29 is 9.59 Å². The molecule has 2 fully saturated rings. The Balaban J connectivity index is 0.000000180. The fourth-order valence-electron chi connectivity index (χ4n) is 4.77. The molecule has 5 aromatic rings. The third-order valence-corrected chi connectivity index (χ3v) is 6.86. The van der Waals surface area contributed by atoms with Crippen molar-refractivity contribution in [3.63, 3.8) is 0 Å². The van der Waals surface area contributed by atoms with Gasteiger partial charge in [0.05, 0.1) is 5.69 Å². The Labute approximate surface area is 235 Å². The summed E-state index contributed by atoms with van der Waals surface area (Å²) < 4.78 is 1.97. The lowest BCUT2D eigenvalue weighted by atomic mass is 9.99. The van der Waals surface area contributed by atoms with Crippen molar-refractivity contribution in [3.8, 4) is 5.69 Å². The lowest BCUT2D eigenvalue weighted by Gasteiger charge is -2.10. The number of nitrogens with zero attached hydrogens (tertiary/aromatic N) is 3. The molecule has 40 heavy (non-hydrogen) atoms. The van der Waals surface area contributed by atoms with Gasteiger partial charge in [-0.3, -0.25) is 25.0 Å². The number of amides is 2. The minimum absolute atomic E-state index is 0. The molecule has 2 aliphatic rings. The summed E-state index contributed by atoms with van der Waals surface area (Å²) in [7, 11) is 0. The highest BCUT2D eigenvalue weighted by atomic mass is 16.2. The van der Waals surface area contributed by atoms with Crippen molar-refractivity contribution >= 4 is 40.1 Å². The minimum Gasteiger partial charge on any atom is -0.398 e. The maximum Gasteiger partial charge on any atom is 0.225 e. The van der Waals surface area contributed by atoms with Crippen LogP contribution in [0.3, 0.4) is 0 Å². The molecule has 7 rings (SSSR count). The fraction of sp³-hybridized carbons (Fsp3) is 0.250. The number of anilines is 1. The molecule has 8 heteroatoms. The number of nitrogen functional groups attached to an aromatic ring is 1. The Morgan fingerprint density at radius 3 is 1.60 bits per heavy atom. The van der Waals surface area contributed by atoms with Gasteiger partial charge in [0.2, 0.25) is 12.8 Å². The second-order valence-corrected chi connectivity index (χ2v) is 9.45. The SMILES string of the molecule is C.C.Nc1ccc(C2CC2)c2ccccc12.O=CNNC=O.c1ccc2c(-n3cnnc3)ccc(C3CC3)c2c1. The maximum atomic E-state index is 9.23. The number of aromatic nitrogens is 3. The van der Waals surface area contributed by atoms with E-state index < -0.39 is 0 Å². The summed E-state index contributed by atoms with van der Waals surface area (Å²) >= 11 is 0. The largest absolute Gasteiger partial charge is 0.398 e. The lowest BCUT2D eigenvalue weighted by Crippen LogP contribution is -2.28. The number of carbonyl (C=O) groups is 2. The van der Waals surface area contributed by atoms with E-state index in [0.717, 1.165) is 23.2 Å². The lowest BCUT2D eigenvalue weighted by molar-refractivity contribution is -0.116. The first-order chi connectivity index (χ1) is 18.7.